The van der Waals surface area contributed by atoms with Crippen LogP contribution >= 0.6 is 0 Å². The van der Waals surface area contributed by atoms with Crippen molar-refractivity contribution in [3.05, 3.63) is 70.9 Å². The van der Waals surface area contributed by atoms with E-state index in [1.807, 2.05) is 55.5 Å². The number of carbonyl (C=O) groups excluding carboxylic acids is 2. The van der Waals surface area contributed by atoms with E-state index in [2.05, 4.69) is 5.32 Å². The van der Waals surface area contributed by atoms with Gasteiger partial charge in [0.05, 0.1) is 13.7 Å². The lowest BCUT2D eigenvalue weighted by Gasteiger charge is -2.34. The highest BCUT2D eigenvalue weighted by molar-refractivity contribution is 6.02. The second-order valence-corrected chi connectivity index (χ2v) is 7.50. The van der Waals surface area contributed by atoms with Gasteiger partial charge in [0.2, 0.25) is 5.91 Å². The number of methoxy groups -OCH3 is 1. The number of ketones is 1. The van der Waals surface area contributed by atoms with Crippen LogP contribution in [0.5, 0.6) is 11.5 Å². The van der Waals surface area contributed by atoms with Gasteiger partial charge in [-0.2, -0.15) is 0 Å². The topological polar surface area (TPSA) is 64.6 Å². The molecule has 2 aliphatic rings. The Labute approximate surface area is 170 Å². The number of ether oxygens (including phenoxy) is 2. The van der Waals surface area contributed by atoms with Gasteiger partial charge in [-0.3, -0.25) is 9.59 Å². The highest BCUT2D eigenvalue weighted by atomic mass is 16.5. The van der Waals surface area contributed by atoms with Gasteiger partial charge in [0.1, 0.15) is 11.5 Å². The zero-order chi connectivity index (χ0) is 20.4. The number of hydrogen-bond acceptors (Lipinski definition) is 4. The first-order chi connectivity index (χ1) is 14.1. The molecule has 0 fully saturated rings. The Balaban J connectivity index is 1.62. The first kappa shape index (κ1) is 19.2. The number of carbonyl (C=O) groups is 2. The summed E-state index contributed by atoms with van der Waals surface area (Å²) in [6.45, 7) is 2.57. The Hall–Kier alpha value is -3.08. The van der Waals surface area contributed by atoms with Gasteiger partial charge >= 0.3 is 0 Å². The molecule has 1 amide bonds. The average Bonchev–Trinajstić information content (AvgIpc) is 2.73. The number of hydrogen-bond donors (Lipinski definition) is 1. The molecule has 1 N–H and O–H groups in total. The summed E-state index contributed by atoms with van der Waals surface area (Å²) in [6, 6.07) is 15.5. The first-order valence-corrected chi connectivity index (χ1v) is 10.0. The van der Waals surface area contributed by atoms with Crippen LogP contribution in [0.2, 0.25) is 0 Å². The average molecular weight is 391 g/mol. The summed E-state index contributed by atoms with van der Waals surface area (Å²) in [5, 5.41) is 2.97. The summed E-state index contributed by atoms with van der Waals surface area (Å²) in [5.74, 6) is 1.53. The number of benzene rings is 2. The molecule has 29 heavy (non-hydrogen) atoms. The molecule has 0 saturated carbocycles. The number of nitrogens with one attached hydrogen (secondary N) is 1. The molecule has 0 aromatic heterocycles. The molecule has 1 aliphatic carbocycles. The van der Waals surface area contributed by atoms with Crippen LogP contribution in [0.1, 0.15) is 49.1 Å². The van der Waals surface area contributed by atoms with Gasteiger partial charge in [-0.25, -0.2) is 0 Å². The lowest BCUT2D eigenvalue weighted by atomic mass is 9.73. The minimum absolute atomic E-state index is 0.0373. The van der Waals surface area contributed by atoms with Crippen LogP contribution in [0.15, 0.2) is 59.8 Å². The molecular weight excluding hydrogens is 366 g/mol. The Morgan fingerprint density at radius 2 is 1.55 bits per heavy atom. The third-order valence-electron chi connectivity index (χ3n) is 5.72. The monoisotopic (exact) mass is 391 g/mol. The molecule has 0 radical (unpaired) electrons. The normalized spacial score (nSPS) is 21.4. The molecule has 5 nitrogen and oxygen atoms in total. The lowest BCUT2D eigenvalue weighted by Crippen LogP contribution is -2.38. The highest BCUT2D eigenvalue weighted by Crippen LogP contribution is 2.42. The van der Waals surface area contributed by atoms with E-state index in [4.69, 9.17) is 9.47 Å². The summed E-state index contributed by atoms with van der Waals surface area (Å²) < 4.78 is 10.7. The summed E-state index contributed by atoms with van der Waals surface area (Å²) >= 11 is 0. The molecule has 0 saturated heterocycles. The van der Waals surface area contributed by atoms with Crippen molar-refractivity contribution in [2.75, 3.05) is 13.7 Å². The molecule has 1 heterocycles. The number of allylic oxidation sites excluding steroid dienone is 2. The number of rotatable bonds is 5. The quantitative estimate of drug-likeness (QED) is 0.834. The van der Waals surface area contributed by atoms with Gasteiger partial charge in [0.15, 0.2) is 5.78 Å². The minimum atomic E-state index is -0.196. The van der Waals surface area contributed by atoms with E-state index in [0.29, 0.717) is 25.9 Å². The van der Waals surface area contributed by atoms with Crippen molar-refractivity contribution < 1.29 is 19.1 Å². The maximum Gasteiger partial charge on any atom is 0.225 e. The largest absolute Gasteiger partial charge is 0.497 e. The minimum Gasteiger partial charge on any atom is -0.497 e. The van der Waals surface area contributed by atoms with Crippen LogP contribution in [0.4, 0.5) is 0 Å². The van der Waals surface area contributed by atoms with E-state index >= 15 is 0 Å². The molecule has 2 atom stereocenters. The van der Waals surface area contributed by atoms with Gasteiger partial charge in [-0.15, -0.1) is 0 Å². The predicted octanol–water partition coefficient (Wildman–Crippen LogP) is 4.10. The van der Waals surface area contributed by atoms with E-state index in [1.54, 1.807) is 7.11 Å². The van der Waals surface area contributed by atoms with E-state index in [-0.39, 0.29) is 23.5 Å². The van der Waals surface area contributed by atoms with E-state index < -0.39 is 0 Å². The number of amides is 1. The van der Waals surface area contributed by atoms with E-state index in [9.17, 15) is 9.59 Å². The summed E-state index contributed by atoms with van der Waals surface area (Å²) in [4.78, 5) is 25.5. The molecular formula is C24H25NO4. The van der Waals surface area contributed by atoms with Crippen molar-refractivity contribution in [2.45, 2.75) is 38.0 Å². The molecule has 2 unspecified atom stereocenters. The van der Waals surface area contributed by atoms with Crippen molar-refractivity contribution in [1.29, 1.82) is 0 Å². The second-order valence-electron chi connectivity index (χ2n) is 7.50. The molecule has 2 aromatic carbocycles. The van der Waals surface area contributed by atoms with Crippen LogP contribution in [0.25, 0.3) is 0 Å². The van der Waals surface area contributed by atoms with Crippen molar-refractivity contribution in [1.82, 2.24) is 5.32 Å². The summed E-state index contributed by atoms with van der Waals surface area (Å²) in [7, 11) is 1.62. The Morgan fingerprint density at radius 3 is 2.21 bits per heavy atom. The SMILES string of the molecule is CCOc1ccc(C2CC(=O)C3=C(C2)NC(=O)CC3c2ccc(OC)cc2)cc1. The van der Waals surface area contributed by atoms with Gasteiger partial charge in [-0.1, -0.05) is 24.3 Å². The summed E-state index contributed by atoms with van der Waals surface area (Å²) in [5.41, 5.74) is 3.60. The summed E-state index contributed by atoms with van der Waals surface area (Å²) in [6.07, 6.45) is 1.41. The molecule has 5 heteroatoms. The van der Waals surface area contributed by atoms with Crippen molar-refractivity contribution >= 4 is 11.7 Å². The van der Waals surface area contributed by atoms with Crippen LogP contribution in [0, 0.1) is 0 Å². The maximum absolute atomic E-state index is 13.1. The molecule has 2 aromatic rings. The fraction of sp³-hybridized carbons (Fsp3) is 0.333. The Kier molecular flexibility index (Phi) is 5.38. The second kappa shape index (κ2) is 8.11. The lowest BCUT2D eigenvalue weighted by molar-refractivity contribution is -0.122. The molecule has 0 spiro atoms. The Bertz CT molecular complexity index is 944. The van der Waals surface area contributed by atoms with E-state index in [0.717, 1.165) is 33.9 Å². The fourth-order valence-electron chi connectivity index (χ4n) is 4.32. The number of Topliss-reactive ketones (excluding diaryl/α,β-unsaturated/α-hetero) is 1. The molecule has 0 bridgehead atoms. The zero-order valence-electron chi connectivity index (χ0n) is 16.7. The molecule has 1 aliphatic heterocycles. The van der Waals surface area contributed by atoms with Crippen molar-refractivity contribution in [2.24, 2.45) is 0 Å². The van der Waals surface area contributed by atoms with Gasteiger partial charge in [0, 0.05) is 30.0 Å². The standard InChI is InChI=1S/C24H25NO4/c1-3-29-19-10-4-15(5-11-19)17-12-21-24(22(26)13-17)20(14-23(27)25-21)16-6-8-18(28-2)9-7-16/h4-11,17,20H,3,12-14H2,1-2H3,(H,25,27). The third-order valence-corrected chi connectivity index (χ3v) is 5.72. The third kappa shape index (κ3) is 3.90. The van der Waals surface area contributed by atoms with Crippen LogP contribution < -0.4 is 14.8 Å². The highest BCUT2D eigenvalue weighted by Gasteiger charge is 2.38. The van der Waals surface area contributed by atoms with Gasteiger partial charge < -0.3 is 14.8 Å². The van der Waals surface area contributed by atoms with Crippen LogP contribution in [-0.4, -0.2) is 25.4 Å². The van der Waals surface area contributed by atoms with Crippen LogP contribution in [-0.2, 0) is 9.59 Å². The smallest absolute Gasteiger partial charge is 0.225 e. The molecule has 150 valence electrons. The maximum atomic E-state index is 13.1. The zero-order valence-corrected chi connectivity index (χ0v) is 16.7. The predicted molar refractivity (Wildman–Crippen MR) is 110 cm³/mol. The van der Waals surface area contributed by atoms with Gasteiger partial charge in [-0.05, 0) is 54.7 Å². The van der Waals surface area contributed by atoms with Crippen LogP contribution in [0.3, 0.4) is 0 Å². The van der Waals surface area contributed by atoms with E-state index in [1.165, 1.54) is 0 Å². The van der Waals surface area contributed by atoms with Gasteiger partial charge in [0.25, 0.3) is 0 Å². The first-order valence-electron chi connectivity index (χ1n) is 10.0. The Morgan fingerprint density at radius 1 is 0.897 bits per heavy atom. The van der Waals surface area contributed by atoms with Crippen molar-refractivity contribution in [3.63, 3.8) is 0 Å². The molecule has 4 rings (SSSR count). The van der Waals surface area contributed by atoms with Crippen molar-refractivity contribution in [3.8, 4) is 11.5 Å². The fourth-order valence-corrected chi connectivity index (χ4v) is 4.32.